The van der Waals surface area contributed by atoms with Gasteiger partial charge in [0.05, 0.1) is 16.7 Å². The number of anilines is 1. The lowest BCUT2D eigenvalue weighted by Crippen LogP contribution is -2.38. The number of aromatic nitrogens is 1. The average molecular weight is 380 g/mol. The first-order valence-corrected chi connectivity index (χ1v) is 10.2. The SMILES string of the molecule is CC(C)COC1CCN(c2ncc(C(=O)N3CCCCC3)cc2Cl)CC1. The number of carbonyl (C=O) groups excluding carboxylic acids is 1. The molecule has 2 aliphatic heterocycles. The van der Waals surface area contributed by atoms with Crippen molar-refractivity contribution in [1.29, 1.82) is 0 Å². The molecule has 3 rings (SSSR count). The predicted molar refractivity (Wildman–Crippen MR) is 105 cm³/mol. The highest BCUT2D eigenvalue weighted by Crippen LogP contribution is 2.28. The second-order valence-corrected chi connectivity index (χ2v) is 8.20. The van der Waals surface area contributed by atoms with E-state index in [1.807, 2.05) is 4.90 Å². The van der Waals surface area contributed by atoms with Crippen molar-refractivity contribution < 1.29 is 9.53 Å². The number of likely N-dealkylation sites (tertiary alicyclic amines) is 1. The maximum atomic E-state index is 12.6. The van der Waals surface area contributed by atoms with Crippen molar-refractivity contribution >= 4 is 23.3 Å². The first kappa shape index (κ1) is 19.4. The van der Waals surface area contributed by atoms with Crippen LogP contribution >= 0.6 is 11.6 Å². The molecule has 144 valence electrons. The third-order valence-electron chi connectivity index (χ3n) is 5.12. The van der Waals surface area contributed by atoms with Crippen LogP contribution in [0, 0.1) is 5.92 Å². The Morgan fingerprint density at radius 2 is 1.92 bits per heavy atom. The number of hydrogen-bond acceptors (Lipinski definition) is 4. The second-order valence-electron chi connectivity index (χ2n) is 7.80. The summed E-state index contributed by atoms with van der Waals surface area (Å²) in [4.78, 5) is 21.2. The molecule has 26 heavy (non-hydrogen) atoms. The van der Waals surface area contributed by atoms with E-state index in [9.17, 15) is 4.79 Å². The van der Waals surface area contributed by atoms with E-state index in [1.54, 1.807) is 12.3 Å². The third kappa shape index (κ3) is 4.89. The van der Waals surface area contributed by atoms with E-state index >= 15 is 0 Å². The highest BCUT2D eigenvalue weighted by Gasteiger charge is 2.24. The van der Waals surface area contributed by atoms with E-state index < -0.39 is 0 Å². The van der Waals surface area contributed by atoms with E-state index in [4.69, 9.17) is 16.3 Å². The first-order valence-electron chi connectivity index (χ1n) is 9.86. The molecule has 2 aliphatic rings. The molecule has 6 heteroatoms. The number of nitrogens with zero attached hydrogens (tertiary/aromatic N) is 3. The van der Waals surface area contributed by atoms with Gasteiger partial charge < -0.3 is 14.5 Å². The fourth-order valence-electron chi connectivity index (χ4n) is 3.62. The van der Waals surface area contributed by atoms with Crippen LogP contribution in [0.1, 0.15) is 56.3 Å². The summed E-state index contributed by atoms with van der Waals surface area (Å²) in [6.45, 7) is 8.60. The van der Waals surface area contributed by atoms with Crippen molar-refractivity contribution in [2.75, 3.05) is 37.7 Å². The van der Waals surface area contributed by atoms with E-state index in [2.05, 4.69) is 23.7 Å². The molecule has 0 N–H and O–H groups in total. The van der Waals surface area contributed by atoms with Gasteiger partial charge in [0.25, 0.3) is 5.91 Å². The van der Waals surface area contributed by atoms with Crippen LogP contribution in [-0.4, -0.2) is 54.7 Å². The summed E-state index contributed by atoms with van der Waals surface area (Å²) in [5, 5.41) is 0.564. The summed E-state index contributed by atoms with van der Waals surface area (Å²) < 4.78 is 5.95. The molecule has 1 aromatic heterocycles. The average Bonchev–Trinajstić information content (AvgIpc) is 2.67. The van der Waals surface area contributed by atoms with Gasteiger partial charge in [-0.3, -0.25) is 4.79 Å². The maximum Gasteiger partial charge on any atom is 0.255 e. The molecule has 1 aromatic rings. The van der Waals surface area contributed by atoms with Crippen molar-refractivity contribution in [3.05, 3.63) is 22.8 Å². The number of amides is 1. The largest absolute Gasteiger partial charge is 0.378 e. The molecule has 0 aliphatic carbocycles. The fraction of sp³-hybridized carbons (Fsp3) is 0.700. The van der Waals surface area contributed by atoms with Gasteiger partial charge in [0.15, 0.2) is 0 Å². The molecule has 2 fully saturated rings. The van der Waals surface area contributed by atoms with Crippen molar-refractivity contribution in [2.45, 2.75) is 52.1 Å². The quantitative estimate of drug-likeness (QED) is 0.775. The Labute approximate surface area is 161 Å². The standard InChI is InChI=1S/C20H30ClN3O2/c1-15(2)14-26-17-6-10-23(11-7-17)19-18(21)12-16(13-22-19)20(25)24-8-4-3-5-9-24/h12-13,15,17H,3-11,14H2,1-2H3. The van der Waals surface area contributed by atoms with Crippen LogP contribution in [0.3, 0.4) is 0 Å². The smallest absolute Gasteiger partial charge is 0.255 e. The molecular formula is C20H30ClN3O2. The first-order chi connectivity index (χ1) is 12.5. The Balaban J connectivity index is 1.59. The van der Waals surface area contributed by atoms with Crippen LogP contribution in [-0.2, 0) is 4.74 Å². The van der Waals surface area contributed by atoms with Gasteiger partial charge in [-0.2, -0.15) is 0 Å². The Morgan fingerprint density at radius 3 is 2.54 bits per heavy atom. The molecule has 0 aromatic carbocycles. The molecule has 2 saturated heterocycles. The zero-order valence-corrected chi connectivity index (χ0v) is 16.7. The normalized spacial score (nSPS) is 19.2. The predicted octanol–water partition coefficient (Wildman–Crippen LogP) is 4.00. The molecular weight excluding hydrogens is 350 g/mol. The van der Waals surface area contributed by atoms with Crippen LogP contribution in [0.25, 0.3) is 0 Å². The van der Waals surface area contributed by atoms with E-state index in [-0.39, 0.29) is 5.91 Å². The Bertz CT molecular complexity index is 609. The minimum Gasteiger partial charge on any atom is -0.378 e. The summed E-state index contributed by atoms with van der Waals surface area (Å²) >= 11 is 6.48. The minimum atomic E-state index is 0.0476. The van der Waals surface area contributed by atoms with Crippen LogP contribution in [0.5, 0.6) is 0 Å². The third-order valence-corrected chi connectivity index (χ3v) is 5.40. The monoisotopic (exact) mass is 379 g/mol. The minimum absolute atomic E-state index is 0.0476. The molecule has 0 bridgehead atoms. The number of ether oxygens (including phenoxy) is 1. The number of pyridine rings is 1. The van der Waals surface area contributed by atoms with E-state index in [0.717, 1.165) is 64.3 Å². The van der Waals surface area contributed by atoms with Gasteiger partial charge in [0.1, 0.15) is 5.82 Å². The lowest BCUT2D eigenvalue weighted by atomic mass is 10.1. The molecule has 0 unspecified atom stereocenters. The molecule has 0 saturated carbocycles. The van der Waals surface area contributed by atoms with Gasteiger partial charge in [-0.25, -0.2) is 4.98 Å². The van der Waals surface area contributed by atoms with Gasteiger partial charge >= 0.3 is 0 Å². The van der Waals surface area contributed by atoms with Crippen molar-refractivity contribution in [2.24, 2.45) is 5.92 Å². The van der Waals surface area contributed by atoms with E-state index in [1.165, 1.54) is 6.42 Å². The number of carbonyl (C=O) groups is 1. The Kier molecular flexibility index (Phi) is 6.76. The summed E-state index contributed by atoms with van der Waals surface area (Å²) in [6.07, 6.45) is 7.35. The molecule has 0 radical (unpaired) electrons. The summed E-state index contributed by atoms with van der Waals surface area (Å²) in [5.74, 6) is 1.39. The fourth-order valence-corrected chi connectivity index (χ4v) is 3.91. The lowest BCUT2D eigenvalue weighted by Gasteiger charge is -2.33. The molecule has 0 spiro atoms. The number of halogens is 1. The molecule has 3 heterocycles. The van der Waals surface area contributed by atoms with E-state index in [0.29, 0.717) is 22.6 Å². The van der Waals surface area contributed by atoms with Gasteiger partial charge in [-0.15, -0.1) is 0 Å². The Morgan fingerprint density at radius 1 is 1.23 bits per heavy atom. The van der Waals surface area contributed by atoms with Gasteiger partial charge in [-0.05, 0) is 44.1 Å². The molecule has 5 nitrogen and oxygen atoms in total. The maximum absolute atomic E-state index is 12.6. The number of hydrogen-bond donors (Lipinski definition) is 0. The highest BCUT2D eigenvalue weighted by molar-refractivity contribution is 6.33. The lowest BCUT2D eigenvalue weighted by molar-refractivity contribution is 0.0214. The van der Waals surface area contributed by atoms with Crippen LogP contribution in [0.4, 0.5) is 5.82 Å². The van der Waals surface area contributed by atoms with Gasteiger partial charge in [0.2, 0.25) is 0 Å². The van der Waals surface area contributed by atoms with Gasteiger partial charge in [-0.1, -0.05) is 25.4 Å². The van der Waals surface area contributed by atoms with Crippen LogP contribution in [0.2, 0.25) is 5.02 Å². The van der Waals surface area contributed by atoms with Crippen molar-refractivity contribution in [3.63, 3.8) is 0 Å². The second kappa shape index (κ2) is 9.05. The van der Waals surface area contributed by atoms with Crippen molar-refractivity contribution in [3.8, 4) is 0 Å². The van der Waals surface area contributed by atoms with Gasteiger partial charge in [0, 0.05) is 39.0 Å². The summed E-state index contributed by atoms with van der Waals surface area (Å²) in [7, 11) is 0. The number of rotatable bonds is 5. The zero-order valence-electron chi connectivity index (χ0n) is 15.9. The number of piperidine rings is 2. The topological polar surface area (TPSA) is 45.7 Å². The summed E-state index contributed by atoms with van der Waals surface area (Å²) in [6, 6.07) is 1.78. The highest BCUT2D eigenvalue weighted by atomic mass is 35.5. The van der Waals surface area contributed by atoms with Crippen LogP contribution < -0.4 is 4.90 Å². The van der Waals surface area contributed by atoms with Crippen LogP contribution in [0.15, 0.2) is 12.3 Å². The van der Waals surface area contributed by atoms with Crippen molar-refractivity contribution in [1.82, 2.24) is 9.88 Å². The molecule has 0 atom stereocenters. The Hall–Kier alpha value is -1.33. The molecule has 1 amide bonds. The zero-order chi connectivity index (χ0) is 18.5. The summed E-state index contributed by atoms with van der Waals surface area (Å²) in [5.41, 5.74) is 0.593.